The number of hydrogen-bond donors (Lipinski definition) is 0. The van der Waals surface area contributed by atoms with E-state index in [1.807, 2.05) is 20.8 Å². The second-order valence-corrected chi connectivity index (χ2v) is 4.86. The minimum absolute atomic E-state index is 0.0522. The summed E-state index contributed by atoms with van der Waals surface area (Å²) in [4.78, 5) is 14.1. The van der Waals surface area contributed by atoms with E-state index in [0.717, 1.165) is 0 Å². The van der Waals surface area contributed by atoms with E-state index in [-0.39, 0.29) is 15.9 Å². The number of hydrogen-bond acceptors (Lipinski definition) is 3. The van der Waals surface area contributed by atoms with Gasteiger partial charge in [0.15, 0.2) is 0 Å². The van der Waals surface area contributed by atoms with Crippen LogP contribution in [0.1, 0.15) is 20.8 Å². The highest BCUT2D eigenvalue weighted by atomic mass is 127. The molecule has 11 heavy (non-hydrogen) atoms. The third-order valence-electron chi connectivity index (χ3n) is 1.27. The van der Waals surface area contributed by atoms with Crippen LogP contribution >= 0.6 is 22.6 Å². The van der Waals surface area contributed by atoms with Crippen molar-refractivity contribution >= 4 is 22.6 Å². The molecule has 0 aromatic carbocycles. The first-order valence-electron chi connectivity index (χ1n) is 3.25. The molecule has 0 amide bonds. The summed E-state index contributed by atoms with van der Waals surface area (Å²) in [5.41, 5.74) is 0.0522. The number of alkyl halides is 1. The molecule has 0 fully saturated rings. The molecule has 0 rings (SSSR count). The molecule has 0 aromatic rings. The van der Waals surface area contributed by atoms with Crippen molar-refractivity contribution in [1.29, 1.82) is 0 Å². The standard InChI is InChI=1S/C6H12INO3/c1-6(2,3)5(7)4-11-8(9)10/h5H,4H2,1-3H3. The van der Waals surface area contributed by atoms with Crippen molar-refractivity contribution in [3.63, 3.8) is 0 Å². The molecule has 0 aliphatic carbocycles. The van der Waals surface area contributed by atoms with Crippen LogP contribution in [0.2, 0.25) is 0 Å². The van der Waals surface area contributed by atoms with Crippen LogP contribution in [-0.4, -0.2) is 15.6 Å². The van der Waals surface area contributed by atoms with Gasteiger partial charge >= 0.3 is 0 Å². The molecule has 0 aliphatic rings. The Hall–Kier alpha value is -0.0700. The molecule has 4 nitrogen and oxygen atoms in total. The van der Waals surface area contributed by atoms with Crippen molar-refractivity contribution in [3.05, 3.63) is 10.1 Å². The molecule has 0 radical (unpaired) electrons. The highest BCUT2D eigenvalue weighted by Crippen LogP contribution is 2.26. The van der Waals surface area contributed by atoms with Gasteiger partial charge in [0.25, 0.3) is 5.09 Å². The quantitative estimate of drug-likeness (QED) is 0.342. The zero-order valence-corrected chi connectivity index (χ0v) is 8.99. The van der Waals surface area contributed by atoms with E-state index in [4.69, 9.17) is 0 Å². The summed E-state index contributed by atoms with van der Waals surface area (Å²) >= 11 is 2.15. The van der Waals surface area contributed by atoms with Gasteiger partial charge < -0.3 is 4.84 Å². The summed E-state index contributed by atoms with van der Waals surface area (Å²) in [5.74, 6) is 0. The molecule has 0 saturated heterocycles. The summed E-state index contributed by atoms with van der Waals surface area (Å²) in [7, 11) is 0. The predicted octanol–water partition coefficient (Wildman–Crippen LogP) is 2.04. The number of halogens is 1. The van der Waals surface area contributed by atoms with Gasteiger partial charge in [0.05, 0.1) is 0 Å². The monoisotopic (exact) mass is 273 g/mol. The highest BCUT2D eigenvalue weighted by Gasteiger charge is 2.22. The molecule has 0 heterocycles. The second kappa shape index (κ2) is 4.08. The number of rotatable bonds is 3. The van der Waals surface area contributed by atoms with Gasteiger partial charge in [-0.15, -0.1) is 10.1 Å². The lowest BCUT2D eigenvalue weighted by Crippen LogP contribution is -2.26. The Morgan fingerprint density at radius 3 is 2.36 bits per heavy atom. The lowest BCUT2D eigenvalue weighted by Gasteiger charge is -2.24. The van der Waals surface area contributed by atoms with Crippen molar-refractivity contribution in [2.24, 2.45) is 5.41 Å². The molecule has 5 heteroatoms. The first kappa shape index (κ1) is 10.9. The lowest BCUT2D eigenvalue weighted by atomic mass is 9.93. The predicted molar refractivity (Wildman–Crippen MR) is 50.2 cm³/mol. The molecule has 0 saturated carbocycles. The van der Waals surface area contributed by atoms with E-state index in [2.05, 4.69) is 27.4 Å². The maximum atomic E-state index is 9.81. The third-order valence-corrected chi connectivity index (χ3v) is 3.49. The zero-order valence-electron chi connectivity index (χ0n) is 6.83. The summed E-state index contributed by atoms with van der Waals surface area (Å²) in [6.07, 6.45) is 0. The van der Waals surface area contributed by atoms with Crippen LogP contribution in [0.15, 0.2) is 0 Å². The van der Waals surface area contributed by atoms with Gasteiger partial charge in [0, 0.05) is 3.92 Å². The van der Waals surface area contributed by atoms with Gasteiger partial charge in [-0.05, 0) is 5.41 Å². The molecule has 0 aromatic heterocycles. The van der Waals surface area contributed by atoms with Crippen LogP contribution in [0.3, 0.4) is 0 Å². The van der Waals surface area contributed by atoms with E-state index >= 15 is 0 Å². The van der Waals surface area contributed by atoms with E-state index in [9.17, 15) is 10.1 Å². The minimum atomic E-state index is -0.753. The second-order valence-electron chi connectivity index (χ2n) is 3.35. The summed E-state index contributed by atoms with van der Waals surface area (Å²) < 4.78 is 0.158. The Balaban J connectivity index is 3.70. The van der Waals surface area contributed by atoms with Crippen molar-refractivity contribution in [2.45, 2.75) is 24.7 Å². The van der Waals surface area contributed by atoms with Gasteiger partial charge in [-0.25, -0.2) is 0 Å². The Labute approximate surface area is 79.5 Å². The smallest absolute Gasteiger partial charge is 0.294 e. The Bertz CT molecular complexity index is 143. The fourth-order valence-electron chi connectivity index (χ4n) is 0.376. The Morgan fingerprint density at radius 1 is 1.64 bits per heavy atom. The summed E-state index contributed by atoms with van der Waals surface area (Å²) in [5, 5.41) is 9.06. The Morgan fingerprint density at radius 2 is 2.09 bits per heavy atom. The average Bonchev–Trinajstić information content (AvgIpc) is 1.80. The normalized spacial score (nSPS) is 14.2. The fourth-order valence-corrected chi connectivity index (χ4v) is 0.537. The maximum Gasteiger partial charge on any atom is 0.294 e. The van der Waals surface area contributed by atoms with Crippen LogP contribution in [-0.2, 0) is 4.84 Å². The first-order chi connectivity index (χ1) is 4.84. The fraction of sp³-hybridized carbons (Fsp3) is 1.00. The van der Waals surface area contributed by atoms with Crippen LogP contribution < -0.4 is 0 Å². The SMILES string of the molecule is CC(C)(C)C(I)CO[N+](=O)[O-]. The average molecular weight is 273 g/mol. The molecule has 0 N–H and O–H groups in total. The Kier molecular flexibility index (Phi) is 4.05. The maximum absolute atomic E-state index is 9.81. The molecule has 66 valence electrons. The molecule has 0 spiro atoms. The van der Waals surface area contributed by atoms with Crippen LogP contribution in [0, 0.1) is 15.5 Å². The van der Waals surface area contributed by atoms with Crippen LogP contribution in [0.5, 0.6) is 0 Å². The van der Waals surface area contributed by atoms with Crippen molar-refractivity contribution in [3.8, 4) is 0 Å². The summed E-state index contributed by atoms with van der Waals surface area (Å²) in [6.45, 7) is 6.23. The zero-order chi connectivity index (χ0) is 9.07. The molecular formula is C6H12INO3. The van der Waals surface area contributed by atoms with E-state index in [1.165, 1.54) is 0 Å². The molecule has 0 bridgehead atoms. The molecule has 0 aliphatic heterocycles. The summed E-state index contributed by atoms with van der Waals surface area (Å²) in [6, 6.07) is 0. The highest BCUT2D eigenvalue weighted by molar-refractivity contribution is 14.1. The first-order valence-corrected chi connectivity index (χ1v) is 4.50. The minimum Gasteiger partial charge on any atom is -0.313 e. The third kappa shape index (κ3) is 5.23. The topological polar surface area (TPSA) is 52.4 Å². The van der Waals surface area contributed by atoms with Crippen molar-refractivity contribution in [1.82, 2.24) is 0 Å². The van der Waals surface area contributed by atoms with Gasteiger partial charge in [0.1, 0.15) is 6.61 Å². The van der Waals surface area contributed by atoms with Gasteiger partial charge in [0.2, 0.25) is 0 Å². The molecule has 1 unspecified atom stereocenters. The van der Waals surface area contributed by atoms with E-state index in [0.29, 0.717) is 0 Å². The van der Waals surface area contributed by atoms with Gasteiger partial charge in [-0.2, -0.15) is 0 Å². The molecular weight excluding hydrogens is 261 g/mol. The molecule has 1 atom stereocenters. The largest absolute Gasteiger partial charge is 0.313 e. The van der Waals surface area contributed by atoms with Crippen molar-refractivity contribution < 1.29 is 9.92 Å². The van der Waals surface area contributed by atoms with E-state index < -0.39 is 5.09 Å². The van der Waals surface area contributed by atoms with E-state index in [1.54, 1.807) is 0 Å². The van der Waals surface area contributed by atoms with Gasteiger partial charge in [-0.1, -0.05) is 43.4 Å². The lowest BCUT2D eigenvalue weighted by molar-refractivity contribution is -0.757. The van der Waals surface area contributed by atoms with Crippen molar-refractivity contribution in [2.75, 3.05) is 6.61 Å². The number of nitrogens with zero attached hydrogens (tertiary/aromatic N) is 1. The van der Waals surface area contributed by atoms with Gasteiger partial charge in [-0.3, -0.25) is 0 Å². The van der Waals surface area contributed by atoms with Crippen LogP contribution in [0.25, 0.3) is 0 Å². The van der Waals surface area contributed by atoms with Crippen LogP contribution in [0.4, 0.5) is 0 Å².